The number of likely N-dealkylation sites (N-methyl/N-ethyl adjacent to an activating group) is 1. The first-order valence-corrected chi connectivity index (χ1v) is 6.32. The summed E-state index contributed by atoms with van der Waals surface area (Å²) in [6.07, 6.45) is 3.47. The Morgan fingerprint density at radius 1 is 1.39 bits per heavy atom. The number of hydrogen-bond donors (Lipinski definition) is 0. The number of aromatic nitrogens is 1. The highest BCUT2D eigenvalue weighted by Gasteiger charge is 2.22. The number of ether oxygens (including phenoxy) is 1. The highest BCUT2D eigenvalue weighted by atomic mass is 16.7. The monoisotopic (exact) mass is 249 g/mol. The summed E-state index contributed by atoms with van der Waals surface area (Å²) in [5, 5.41) is 3.94. The second-order valence-electron chi connectivity index (χ2n) is 4.16. The van der Waals surface area contributed by atoms with E-state index in [2.05, 4.69) is 28.9 Å². The van der Waals surface area contributed by atoms with Gasteiger partial charge >= 0.3 is 0 Å². The minimum Gasteiger partial charge on any atom is -0.467 e. The first kappa shape index (κ1) is 12.8. The van der Waals surface area contributed by atoms with Gasteiger partial charge in [-0.15, -0.1) is 0 Å². The number of nitrogens with zero attached hydrogens (tertiary/aromatic N) is 3. The summed E-state index contributed by atoms with van der Waals surface area (Å²) in [4.78, 5) is 11.6. The van der Waals surface area contributed by atoms with Crippen LogP contribution in [0.4, 0.5) is 0 Å². The van der Waals surface area contributed by atoms with E-state index >= 15 is 0 Å². The molecule has 0 fully saturated rings. The number of hydrogen-bond acceptors (Lipinski definition) is 5. The quantitative estimate of drug-likeness (QED) is 0.793. The Kier molecular flexibility index (Phi) is 4.52. The number of pyridine rings is 1. The van der Waals surface area contributed by atoms with Crippen LogP contribution < -0.4 is 0 Å². The molecule has 0 aliphatic carbocycles. The molecule has 5 nitrogen and oxygen atoms in total. The third-order valence-electron chi connectivity index (χ3n) is 2.95. The van der Waals surface area contributed by atoms with Crippen molar-refractivity contribution < 1.29 is 9.57 Å². The van der Waals surface area contributed by atoms with Crippen molar-refractivity contribution >= 4 is 5.90 Å². The molecule has 0 bridgehead atoms. The maximum atomic E-state index is 5.85. The topological polar surface area (TPSA) is 47.0 Å². The molecule has 1 aromatic rings. The van der Waals surface area contributed by atoms with Crippen LogP contribution in [0.3, 0.4) is 0 Å². The lowest BCUT2D eigenvalue weighted by Crippen LogP contribution is -2.39. The van der Waals surface area contributed by atoms with Crippen molar-refractivity contribution in [2.24, 2.45) is 5.16 Å². The van der Waals surface area contributed by atoms with Crippen LogP contribution in [0.15, 0.2) is 29.7 Å². The lowest BCUT2D eigenvalue weighted by atomic mass is 10.2. The van der Waals surface area contributed by atoms with E-state index in [1.807, 2.05) is 12.1 Å². The van der Waals surface area contributed by atoms with Gasteiger partial charge in [0.1, 0.15) is 6.10 Å². The maximum absolute atomic E-state index is 5.85. The summed E-state index contributed by atoms with van der Waals surface area (Å²) >= 11 is 0. The summed E-state index contributed by atoms with van der Waals surface area (Å²) in [5.74, 6) is 0.520. The Hall–Kier alpha value is -1.62. The second-order valence-corrected chi connectivity index (χ2v) is 4.16. The van der Waals surface area contributed by atoms with E-state index in [0.717, 1.165) is 25.2 Å². The standard InChI is InChI=1S/C13H19N3O2/c1-3-16(4-2)9-12-10-17-15-13(18-12)11-6-5-7-14-8-11/h5-8,12H,3-4,9-10H2,1-2H3. The Morgan fingerprint density at radius 3 is 2.89 bits per heavy atom. The maximum Gasteiger partial charge on any atom is 0.259 e. The molecule has 5 heteroatoms. The van der Waals surface area contributed by atoms with Gasteiger partial charge in [0.05, 0.1) is 5.56 Å². The zero-order valence-corrected chi connectivity index (χ0v) is 10.9. The zero-order valence-electron chi connectivity index (χ0n) is 10.9. The van der Waals surface area contributed by atoms with Gasteiger partial charge in [0, 0.05) is 18.9 Å². The fourth-order valence-electron chi connectivity index (χ4n) is 1.86. The number of oxime groups is 1. The van der Waals surface area contributed by atoms with Crippen LogP contribution in [0.25, 0.3) is 0 Å². The van der Waals surface area contributed by atoms with Gasteiger partial charge in [-0.2, -0.15) is 0 Å². The molecule has 1 aliphatic heterocycles. The van der Waals surface area contributed by atoms with Gasteiger partial charge in [0.15, 0.2) is 6.61 Å². The van der Waals surface area contributed by atoms with Gasteiger partial charge in [-0.25, -0.2) is 0 Å². The van der Waals surface area contributed by atoms with E-state index in [-0.39, 0.29) is 6.10 Å². The molecule has 0 saturated heterocycles. The van der Waals surface area contributed by atoms with Crippen LogP contribution in [0, 0.1) is 0 Å². The molecule has 0 spiro atoms. The highest BCUT2D eigenvalue weighted by Crippen LogP contribution is 2.11. The lowest BCUT2D eigenvalue weighted by Gasteiger charge is -2.27. The third-order valence-corrected chi connectivity index (χ3v) is 2.95. The van der Waals surface area contributed by atoms with Crippen molar-refractivity contribution in [1.82, 2.24) is 9.88 Å². The molecule has 98 valence electrons. The van der Waals surface area contributed by atoms with Gasteiger partial charge in [-0.1, -0.05) is 13.8 Å². The van der Waals surface area contributed by atoms with Crippen molar-refractivity contribution in [2.75, 3.05) is 26.2 Å². The molecule has 1 atom stereocenters. The van der Waals surface area contributed by atoms with Gasteiger partial charge in [-0.05, 0) is 30.4 Å². The molecule has 2 heterocycles. The Bertz CT molecular complexity index is 390. The van der Waals surface area contributed by atoms with Crippen LogP contribution in [0.5, 0.6) is 0 Å². The van der Waals surface area contributed by atoms with Crippen molar-refractivity contribution in [3.05, 3.63) is 30.1 Å². The van der Waals surface area contributed by atoms with Gasteiger partial charge < -0.3 is 14.5 Å². The molecule has 1 aromatic heterocycles. The normalized spacial score (nSPS) is 19.1. The van der Waals surface area contributed by atoms with E-state index in [0.29, 0.717) is 12.5 Å². The van der Waals surface area contributed by atoms with E-state index in [1.54, 1.807) is 12.4 Å². The van der Waals surface area contributed by atoms with Crippen molar-refractivity contribution in [3.8, 4) is 0 Å². The van der Waals surface area contributed by atoms with Crippen molar-refractivity contribution in [1.29, 1.82) is 0 Å². The Balaban J connectivity index is 1.98. The lowest BCUT2D eigenvalue weighted by molar-refractivity contribution is -0.00465. The zero-order chi connectivity index (χ0) is 12.8. The van der Waals surface area contributed by atoms with E-state index in [1.165, 1.54) is 0 Å². The molecule has 0 saturated carbocycles. The fraction of sp³-hybridized carbons (Fsp3) is 0.538. The van der Waals surface area contributed by atoms with Gasteiger partial charge in [0.25, 0.3) is 5.90 Å². The molecule has 0 aromatic carbocycles. The van der Waals surface area contributed by atoms with Crippen LogP contribution in [-0.4, -0.2) is 48.1 Å². The van der Waals surface area contributed by atoms with Crippen LogP contribution in [0.1, 0.15) is 19.4 Å². The summed E-state index contributed by atoms with van der Waals surface area (Å²) < 4.78 is 5.85. The first-order valence-electron chi connectivity index (χ1n) is 6.32. The molecule has 0 amide bonds. The predicted octanol–water partition coefficient (Wildman–Crippen LogP) is 1.50. The molecule has 1 unspecified atom stereocenters. The average Bonchev–Trinajstić information content (AvgIpc) is 2.46. The molecule has 0 radical (unpaired) electrons. The van der Waals surface area contributed by atoms with Crippen molar-refractivity contribution in [3.63, 3.8) is 0 Å². The summed E-state index contributed by atoms with van der Waals surface area (Å²) in [7, 11) is 0. The minimum absolute atomic E-state index is 0.0256. The summed E-state index contributed by atoms with van der Waals surface area (Å²) in [6.45, 7) is 7.66. The van der Waals surface area contributed by atoms with Gasteiger partial charge in [0.2, 0.25) is 0 Å². The molecular weight excluding hydrogens is 230 g/mol. The Morgan fingerprint density at radius 2 is 2.22 bits per heavy atom. The largest absolute Gasteiger partial charge is 0.467 e. The predicted molar refractivity (Wildman–Crippen MR) is 69.4 cm³/mol. The van der Waals surface area contributed by atoms with Crippen LogP contribution >= 0.6 is 0 Å². The molecule has 1 aliphatic rings. The second kappa shape index (κ2) is 6.35. The smallest absolute Gasteiger partial charge is 0.259 e. The van der Waals surface area contributed by atoms with Crippen molar-refractivity contribution in [2.45, 2.75) is 20.0 Å². The van der Waals surface area contributed by atoms with E-state index in [9.17, 15) is 0 Å². The molecule has 0 N–H and O–H groups in total. The first-order chi connectivity index (χ1) is 8.83. The summed E-state index contributed by atoms with van der Waals surface area (Å²) in [6, 6.07) is 3.77. The minimum atomic E-state index is 0.0256. The summed E-state index contributed by atoms with van der Waals surface area (Å²) in [5.41, 5.74) is 0.849. The third kappa shape index (κ3) is 3.20. The average molecular weight is 249 g/mol. The Labute approximate surface area is 107 Å². The van der Waals surface area contributed by atoms with E-state index in [4.69, 9.17) is 9.57 Å². The highest BCUT2D eigenvalue weighted by molar-refractivity contribution is 5.93. The SMILES string of the molecule is CCN(CC)CC1CON=C(c2cccnc2)O1. The molecular formula is C13H19N3O2. The number of rotatable bonds is 5. The molecule has 2 rings (SSSR count). The van der Waals surface area contributed by atoms with Crippen LogP contribution in [-0.2, 0) is 9.57 Å². The van der Waals surface area contributed by atoms with Gasteiger partial charge in [-0.3, -0.25) is 4.98 Å². The molecule has 18 heavy (non-hydrogen) atoms. The van der Waals surface area contributed by atoms with Crippen LogP contribution in [0.2, 0.25) is 0 Å². The van der Waals surface area contributed by atoms with E-state index < -0.39 is 0 Å². The fourth-order valence-corrected chi connectivity index (χ4v) is 1.86.